The molecule has 1 saturated heterocycles. The van der Waals surface area contributed by atoms with Crippen molar-refractivity contribution in [1.82, 2.24) is 30.2 Å². The molecule has 0 saturated carbocycles. The highest BCUT2D eigenvalue weighted by molar-refractivity contribution is 5.80. The van der Waals surface area contributed by atoms with Crippen LogP contribution < -0.4 is 16.2 Å². The number of fused-ring (bicyclic) bond motifs is 1. The summed E-state index contributed by atoms with van der Waals surface area (Å²) in [6.45, 7) is 1.72. The van der Waals surface area contributed by atoms with Gasteiger partial charge in [0.15, 0.2) is 0 Å². The van der Waals surface area contributed by atoms with Gasteiger partial charge >= 0.3 is 0 Å². The van der Waals surface area contributed by atoms with E-state index in [0.717, 1.165) is 19.3 Å². The van der Waals surface area contributed by atoms with E-state index in [0.29, 0.717) is 30.3 Å². The number of nitrogens with one attached hydrogen (secondary N) is 3. The Morgan fingerprint density at radius 3 is 2.93 bits per heavy atom. The van der Waals surface area contributed by atoms with E-state index in [9.17, 15) is 14.4 Å². The van der Waals surface area contributed by atoms with Crippen molar-refractivity contribution in [3.05, 3.63) is 40.1 Å². The second-order valence-electron chi connectivity index (χ2n) is 7.57. The topological polar surface area (TPSA) is 121 Å². The van der Waals surface area contributed by atoms with Gasteiger partial charge < -0.3 is 10.6 Å². The van der Waals surface area contributed by atoms with Gasteiger partial charge in [0.05, 0.1) is 12.5 Å². The number of allylic oxidation sites excluding steroid dienone is 2. The Labute approximate surface area is 161 Å². The minimum absolute atomic E-state index is 0.0174. The summed E-state index contributed by atoms with van der Waals surface area (Å²) >= 11 is 0. The number of rotatable bonds is 4. The molecule has 0 bridgehead atoms. The fourth-order valence-corrected chi connectivity index (χ4v) is 4.10. The van der Waals surface area contributed by atoms with Crippen LogP contribution in [0.5, 0.6) is 0 Å². The molecule has 148 valence electrons. The van der Waals surface area contributed by atoms with Crippen molar-refractivity contribution in [2.24, 2.45) is 5.92 Å². The number of carbonyl (C=O) groups excluding carboxylic acids is 2. The Kier molecular flexibility index (Phi) is 4.97. The van der Waals surface area contributed by atoms with Crippen molar-refractivity contribution >= 4 is 17.6 Å². The van der Waals surface area contributed by atoms with Crippen LogP contribution in [0.25, 0.3) is 5.78 Å². The monoisotopic (exact) mass is 384 g/mol. The van der Waals surface area contributed by atoms with Gasteiger partial charge in [-0.05, 0) is 38.5 Å². The summed E-state index contributed by atoms with van der Waals surface area (Å²) in [5.74, 6) is 0.815. The number of piperidine rings is 1. The molecule has 3 N–H and O–H groups in total. The van der Waals surface area contributed by atoms with E-state index in [1.54, 1.807) is 6.92 Å². The lowest BCUT2D eigenvalue weighted by atomic mass is 9.81. The van der Waals surface area contributed by atoms with Crippen molar-refractivity contribution in [3.8, 4) is 0 Å². The lowest BCUT2D eigenvalue weighted by molar-refractivity contribution is -0.127. The average Bonchev–Trinajstić information content (AvgIpc) is 3.06. The zero-order chi connectivity index (χ0) is 19.7. The Hall–Kier alpha value is -2.97. The van der Waals surface area contributed by atoms with Crippen LogP contribution in [0.1, 0.15) is 43.6 Å². The van der Waals surface area contributed by atoms with Gasteiger partial charge in [0.25, 0.3) is 11.3 Å². The molecular weight excluding hydrogens is 360 g/mol. The van der Waals surface area contributed by atoms with Crippen molar-refractivity contribution in [2.75, 3.05) is 0 Å². The third-order valence-corrected chi connectivity index (χ3v) is 5.44. The Balaban J connectivity index is 1.46. The van der Waals surface area contributed by atoms with E-state index < -0.39 is 0 Å². The molecule has 9 heteroatoms. The van der Waals surface area contributed by atoms with E-state index in [1.807, 2.05) is 0 Å². The first-order valence-corrected chi connectivity index (χ1v) is 9.68. The SMILES string of the molecule is Cc1cc(=O)n2[nH]c(CC(=O)N[C@@H]3CCC(=O)N[C@H]3C3CC=CCC3)nc2n1. The van der Waals surface area contributed by atoms with E-state index in [4.69, 9.17) is 0 Å². The van der Waals surface area contributed by atoms with Crippen LogP contribution in [0.3, 0.4) is 0 Å². The fourth-order valence-electron chi connectivity index (χ4n) is 4.10. The molecule has 3 heterocycles. The van der Waals surface area contributed by atoms with Crippen molar-refractivity contribution in [1.29, 1.82) is 0 Å². The van der Waals surface area contributed by atoms with E-state index in [2.05, 4.69) is 37.9 Å². The number of hydrogen-bond acceptors (Lipinski definition) is 5. The van der Waals surface area contributed by atoms with Gasteiger partial charge in [-0.15, -0.1) is 0 Å². The maximum Gasteiger partial charge on any atom is 0.274 e. The van der Waals surface area contributed by atoms with Gasteiger partial charge in [-0.3, -0.25) is 19.5 Å². The number of aromatic amines is 1. The largest absolute Gasteiger partial charge is 0.351 e. The molecule has 2 aliphatic rings. The highest BCUT2D eigenvalue weighted by atomic mass is 16.2. The van der Waals surface area contributed by atoms with Crippen molar-refractivity contribution in [2.45, 2.75) is 57.5 Å². The number of carbonyl (C=O) groups is 2. The molecule has 9 nitrogen and oxygen atoms in total. The van der Waals surface area contributed by atoms with Crippen LogP contribution in [0, 0.1) is 12.8 Å². The van der Waals surface area contributed by atoms with Crippen molar-refractivity contribution in [3.63, 3.8) is 0 Å². The standard InChI is InChI=1S/C19H24N6O3/c1-11-9-17(28)25-19(20-11)22-14(24-25)10-16(27)21-13-7-8-15(26)23-18(13)12-5-3-2-4-6-12/h2-3,9,12-13,18H,4-8,10H2,1H3,(H,21,27)(H,23,26)(H,20,22,24)/t12?,13-,18+/m1/s1. The normalized spacial score (nSPS) is 24.9. The molecule has 1 aliphatic carbocycles. The van der Waals surface area contributed by atoms with Crippen LogP contribution in [-0.2, 0) is 16.0 Å². The van der Waals surface area contributed by atoms with Gasteiger partial charge in [0.1, 0.15) is 5.82 Å². The number of H-pyrrole nitrogens is 1. The predicted octanol–water partition coefficient (Wildman–Crippen LogP) is 0.388. The molecule has 4 rings (SSSR count). The van der Waals surface area contributed by atoms with Crippen molar-refractivity contribution < 1.29 is 9.59 Å². The first-order valence-electron chi connectivity index (χ1n) is 9.68. The van der Waals surface area contributed by atoms with Crippen LogP contribution in [0.15, 0.2) is 23.0 Å². The molecule has 0 spiro atoms. The summed E-state index contributed by atoms with van der Waals surface area (Å²) in [4.78, 5) is 44.9. The lowest BCUT2D eigenvalue weighted by Crippen LogP contribution is -2.58. The molecule has 2 amide bonds. The molecule has 1 fully saturated rings. The quantitative estimate of drug-likeness (QED) is 0.659. The number of aryl methyl sites for hydroxylation is 1. The van der Waals surface area contributed by atoms with Crippen LogP contribution in [0.2, 0.25) is 0 Å². The van der Waals surface area contributed by atoms with Crippen LogP contribution in [0.4, 0.5) is 0 Å². The summed E-state index contributed by atoms with van der Waals surface area (Å²) in [6.07, 6.45) is 8.28. The smallest absolute Gasteiger partial charge is 0.274 e. The Bertz CT molecular complexity index is 991. The van der Waals surface area contributed by atoms with E-state index in [-0.39, 0.29) is 41.7 Å². The second kappa shape index (κ2) is 7.57. The van der Waals surface area contributed by atoms with Gasteiger partial charge in [-0.25, -0.2) is 4.98 Å². The zero-order valence-electron chi connectivity index (χ0n) is 15.8. The van der Waals surface area contributed by atoms with Gasteiger partial charge in [0.2, 0.25) is 11.8 Å². The summed E-state index contributed by atoms with van der Waals surface area (Å²) in [5, 5.41) is 8.97. The molecule has 3 atom stereocenters. The third kappa shape index (κ3) is 3.83. The number of amides is 2. The number of aromatic nitrogens is 4. The number of nitrogens with zero attached hydrogens (tertiary/aromatic N) is 3. The van der Waals surface area contributed by atoms with Gasteiger partial charge in [-0.2, -0.15) is 9.50 Å². The highest BCUT2D eigenvalue weighted by Crippen LogP contribution is 2.27. The lowest BCUT2D eigenvalue weighted by Gasteiger charge is -2.38. The molecule has 0 radical (unpaired) electrons. The molecule has 2 aromatic heterocycles. The molecule has 1 aliphatic heterocycles. The summed E-state index contributed by atoms with van der Waals surface area (Å²) < 4.78 is 1.23. The minimum Gasteiger partial charge on any atom is -0.351 e. The van der Waals surface area contributed by atoms with E-state index >= 15 is 0 Å². The molecular formula is C19H24N6O3. The molecule has 1 unspecified atom stereocenters. The van der Waals surface area contributed by atoms with Crippen LogP contribution in [-0.4, -0.2) is 43.5 Å². The second-order valence-corrected chi connectivity index (χ2v) is 7.57. The molecule has 2 aromatic rings. The summed E-state index contributed by atoms with van der Waals surface area (Å²) in [5.41, 5.74) is 0.317. The zero-order valence-corrected chi connectivity index (χ0v) is 15.8. The molecule has 28 heavy (non-hydrogen) atoms. The molecule has 0 aromatic carbocycles. The highest BCUT2D eigenvalue weighted by Gasteiger charge is 2.35. The minimum atomic E-state index is -0.262. The van der Waals surface area contributed by atoms with Gasteiger partial charge in [0, 0.05) is 24.2 Å². The Morgan fingerprint density at radius 2 is 2.14 bits per heavy atom. The first-order chi connectivity index (χ1) is 13.5. The first kappa shape index (κ1) is 18.4. The maximum atomic E-state index is 12.6. The Morgan fingerprint density at radius 1 is 1.29 bits per heavy atom. The summed E-state index contributed by atoms with van der Waals surface area (Å²) in [6, 6.07) is 1.25. The van der Waals surface area contributed by atoms with Gasteiger partial charge in [-0.1, -0.05) is 12.2 Å². The van der Waals surface area contributed by atoms with E-state index in [1.165, 1.54) is 10.6 Å². The average molecular weight is 384 g/mol. The third-order valence-electron chi connectivity index (χ3n) is 5.44. The van der Waals surface area contributed by atoms with Crippen LogP contribution >= 0.6 is 0 Å². The summed E-state index contributed by atoms with van der Waals surface area (Å²) in [7, 11) is 0. The maximum absolute atomic E-state index is 12.6. The fraction of sp³-hybridized carbons (Fsp3) is 0.526. The number of hydrogen-bond donors (Lipinski definition) is 3. The predicted molar refractivity (Wildman–Crippen MR) is 102 cm³/mol.